The molecule has 1 unspecified atom stereocenters. The lowest BCUT2D eigenvalue weighted by Gasteiger charge is -2.12. The lowest BCUT2D eigenvalue weighted by atomic mass is 10.1. The van der Waals surface area contributed by atoms with Crippen LogP contribution in [0.5, 0.6) is 0 Å². The third-order valence-corrected chi connectivity index (χ3v) is 2.39. The van der Waals surface area contributed by atoms with Gasteiger partial charge >= 0.3 is 6.18 Å². The van der Waals surface area contributed by atoms with E-state index in [-0.39, 0.29) is 18.7 Å². The quantitative estimate of drug-likeness (QED) is 0.636. The first-order chi connectivity index (χ1) is 9.54. The van der Waals surface area contributed by atoms with Crippen molar-refractivity contribution in [2.24, 2.45) is 0 Å². The highest BCUT2D eigenvalue weighted by molar-refractivity contribution is 5.75. The average Bonchev–Trinajstić information content (AvgIpc) is 2.33. The number of alkyl halides is 3. The summed E-state index contributed by atoms with van der Waals surface area (Å²) in [5.41, 5.74) is -4.35. The summed E-state index contributed by atoms with van der Waals surface area (Å²) in [4.78, 5) is 19.3. The summed E-state index contributed by atoms with van der Waals surface area (Å²) in [6.45, 7) is 1.00. The largest absolute Gasteiger partial charge is 0.416 e. The van der Waals surface area contributed by atoms with E-state index in [0.717, 1.165) is 0 Å². The molecule has 21 heavy (non-hydrogen) atoms. The van der Waals surface area contributed by atoms with Gasteiger partial charge in [-0.2, -0.15) is 13.2 Å². The van der Waals surface area contributed by atoms with Crippen molar-refractivity contribution in [1.29, 1.82) is 0 Å². The highest BCUT2D eigenvalue weighted by Crippen LogP contribution is 2.41. The predicted molar refractivity (Wildman–Crippen MR) is 64.9 cm³/mol. The SMILES string of the molecule is CC(O)CNc1c([N+](=O)[O-])cc(C(F)(F)F)cc1[N+](=O)[O-]. The number of anilines is 1. The number of benzene rings is 1. The molecule has 11 heteroatoms. The van der Waals surface area contributed by atoms with Crippen molar-refractivity contribution in [3.05, 3.63) is 37.9 Å². The maximum Gasteiger partial charge on any atom is 0.416 e. The molecule has 0 bridgehead atoms. The topological polar surface area (TPSA) is 119 Å². The van der Waals surface area contributed by atoms with Crippen LogP contribution < -0.4 is 5.32 Å². The summed E-state index contributed by atoms with van der Waals surface area (Å²) in [6.07, 6.45) is -5.97. The Hall–Kier alpha value is -2.43. The minimum Gasteiger partial charge on any atom is -0.392 e. The Balaban J connectivity index is 3.51. The average molecular weight is 309 g/mol. The van der Waals surface area contributed by atoms with Gasteiger partial charge in [-0.3, -0.25) is 20.2 Å². The number of aliphatic hydroxyl groups is 1. The summed E-state index contributed by atoms with van der Waals surface area (Å²) in [5, 5.41) is 33.0. The molecule has 0 aromatic heterocycles. The number of hydrogen-bond donors (Lipinski definition) is 2. The summed E-state index contributed by atoms with van der Waals surface area (Å²) < 4.78 is 37.8. The number of nitro benzene ring substituents is 2. The molecule has 1 aromatic rings. The van der Waals surface area contributed by atoms with Gasteiger partial charge in [-0.05, 0) is 6.92 Å². The zero-order valence-corrected chi connectivity index (χ0v) is 10.5. The second-order valence-electron chi connectivity index (χ2n) is 4.13. The van der Waals surface area contributed by atoms with Crippen LogP contribution in [0.4, 0.5) is 30.2 Å². The van der Waals surface area contributed by atoms with Crippen molar-refractivity contribution >= 4 is 17.1 Å². The van der Waals surface area contributed by atoms with Crippen LogP contribution in [0, 0.1) is 20.2 Å². The Bertz CT molecular complexity index is 539. The van der Waals surface area contributed by atoms with Gasteiger partial charge in [-0.1, -0.05) is 0 Å². The summed E-state index contributed by atoms with van der Waals surface area (Å²) in [6, 6.07) is 0.411. The van der Waals surface area contributed by atoms with Crippen LogP contribution in [0.25, 0.3) is 0 Å². The Morgan fingerprint density at radius 2 is 1.67 bits per heavy atom. The van der Waals surface area contributed by atoms with Gasteiger partial charge in [-0.25, -0.2) is 0 Å². The van der Waals surface area contributed by atoms with E-state index in [1.54, 1.807) is 0 Å². The molecule has 0 heterocycles. The number of halogens is 3. The summed E-state index contributed by atoms with van der Waals surface area (Å²) >= 11 is 0. The highest BCUT2D eigenvalue weighted by atomic mass is 19.4. The smallest absolute Gasteiger partial charge is 0.392 e. The van der Waals surface area contributed by atoms with Crippen molar-refractivity contribution in [3.63, 3.8) is 0 Å². The van der Waals surface area contributed by atoms with Gasteiger partial charge in [0.1, 0.15) is 0 Å². The van der Waals surface area contributed by atoms with Crippen molar-refractivity contribution in [1.82, 2.24) is 0 Å². The predicted octanol–water partition coefficient (Wildman–Crippen LogP) is 2.31. The number of aliphatic hydroxyl groups excluding tert-OH is 1. The zero-order valence-electron chi connectivity index (χ0n) is 10.5. The lowest BCUT2D eigenvalue weighted by Crippen LogP contribution is -2.17. The minimum absolute atomic E-state index is 0.206. The van der Waals surface area contributed by atoms with E-state index in [1.807, 2.05) is 0 Å². The molecule has 0 amide bonds. The second-order valence-corrected chi connectivity index (χ2v) is 4.13. The fourth-order valence-electron chi connectivity index (χ4n) is 1.49. The lowest BCUT2D eigenvalue weighted by molar-refractivity contribution is -0.392. The molecule has 1 atom stereocenters. The maximum absolute atomic E-state index is 12.6. The standard InChI is InChI=1S/C10H10F3N3O5/c1-5(17)4-14-9-7(15(18)19)2-6(10(11,12)13)3-8(9)16(20)21/h2-3,5,14,17H,4H2,1H3. The van der Waals surface area contributed by atoms with Crippen molar-refractivity contribution in [2.45, 2.75) is 19.2 Å². The van der Waals surface area contributed by atoms with Gasteiger partial charge in [0, 0.05) is 18.7 Å². The van der Waals surface area contributed by atoms with Crippen LogP contribution in [0.1, 0.15) is 12.5 Å². The van der Waals surface area contributed by atoms with Gasteiger partial charge < -0.3 is 10.4 Å². The van der Waals surface area contributed by atoms with E-state index < -0.39 is 44.8 Å². The molecule has 2 N–H and O–H groups in total. The molecule has 116 valence electrons. The first kappa shape index (κ1) is 16.6. The molecule has 1 aromatic carbocycles. The molecule has 0 aliphatic heterocycles. The fourth-order valence-corrected chi connectivity index (χ4v) is 1.49. The molecule has 0 spiro atoms. The van der Waals surface area contributed by atoms with Gasteiger partial charge in [0.25, 0.3) is 11.4 Å². The maximum atomic E-state index is 12.6. The summed E-state index contributed by atoms with van der Waals surface area (Å²) in [5.74, 6) is 0. The van der Waals surface area contributed by atoms with Crippen LogP contribution in [0.2, 0.25) is 0 Å². The molecular formula is C10H10F3N3O5. The Labute approximate surface area is 115 Å². The molecule has 1 rings (SSSR count). The Morgan fingerprint density at radius 1 is 1.24 bits per heavy atom. The molecule has 8 nitrogen and oxygen atoms in total. The van der Waals surface area contributed by atoms with Crippen LogP contribution in [-0.2, 0) is 6.18 Å². The number of rotatable bonds is 5. The molecule has 0 radical (unpaired) electrons. The van der Waals surface area contributed by atoms with E-state index in [1.165, 1.54) is 6.92 Å². The van der Waals surface area contributed by atoms with Gasteiger partial charge in [0.05, 0.1) is 21.5 Å². The number of nitrogens with zero attached hydrogens (tertiary/aromatic N) is 2. The number of nitrogens with one attached hydrogen (secondary N) is 1. The van der Waals surface area contributed by atoms with E-state index in [2.05, 4.69) is 5.32 Å². The van der Waals surface area contributed by atoms with Crippen LogP contribution in [0.15, 0.2) is 12.1 Å². The van der Waals surface area contributed by atoms with E-state index in [0.29, 0.717) is 0 Å². The van der Waals surface area contributed by atoms with Crippen LogP contribution >= 0.6 is 0 Å². The highest BCUT2D eigenvalue weighted by Gasteiger charge is 2.37. The minimum atomic E-state index is -4.96. The molecule has 0 saturated carbocycles. The van der Waals surface area contributed by atoms with Gasteiger partial charge in [0.2, 0.25) is 0 Å². The van der Waals surface area contributed by atoms with Gasteiger partial charge in [-0.15, -0.1) is 0 Å². The monoisotopic (exact) mass is 309 g/mol. The molecule has 0 saturated heterocycles. The molecule has 0 aliphatic rings. The van der Waals surface area contributed by atoms with Crippen molar-refractivity contribution in [3.8, 4) is 0 Å². The van der Waals surface area contributed by atoms with E-state index in [9.17, 15) is 33.4 Å². The third-order valence-electron chi connectivity index (χ3n) is 2.39. The fraction of sp³-hybridized carbons (Fsp3) is 0.400. The Morgan fingerprint density at radius 3 is 1.95 bits per heavy atom. The zero-order chi connectivity index (χ0) is 16.4. The van der Waals surface area contributed by atoms with E-state index in [4.69, 9.17) is 5.11 Å². The summed E-state index contributed by atoms with van der Waals surface area (Å²) in [7, 11) is 0. The van der Waals surface area contributed by atoms with Crippen LogP contribution in [-0.4, -0.2) is 27.6 Å². The molecule has 0 fully saturated rings. The Kier molecular flexibility index (Phi) is 4.68. The number of nitro groups is 2. The second kappa shape index (κ2) is 5.91. The molecule has 0 aliphatic carbocycles. The number of hydrogen-bond acceptors (Lipinski definition) is 6. The molecular weight excluding hydrogens is 299 g/mol. The van der Waals surface area contributed by atoms with Crippen molar-refractivity contribution in [2.75, 3.05) is 11.9 Å². The third kappa shape index (κ3) is 4.02. The first-order valence-electron chi connectivity index (χ1n) is 5.50. The van der Waals surface area contributed by atoms with Crippen molar-refractivity contribution < 1.29 is 28.1 Å². The van der Waals surface area contributed by atoms with Gasteiger partial charge in [0.15, 0.2) is 5.69 Å². The van der Waals surface area contributed by atoms with E-state index >= 15 is 0 Å². The normalized spacial score (nSPS) is 12.8. The first-order valence-corrected chi connectivity index (χ1v) is 5.50. The van der Waals surface area contributed by atoms with Crippen LogP contribution in [0.3, 0.4) is 0 Å².